The highest BCUT2D eigenvalue weighted by Gasteiger charge is 2.44. The SMILES string of the molecule is Cc1cc(NC(=O)[C@]2(NC(=O)c3ccc(Br)s3)CCOC2)ccc1C(=O)N1CCCC1. The second kappa shape index (κ2) is 9.10. The Bertz CT molecular complexity index is 1010. The van der Waals surface area contributed by atoms with Crippen LogP contribution < -0.4 is 10.6 Å². The van der Waals surface area contributed by atoms with Crippen LogP contribution in [0.1, 0.15) is 44.9 Å². The summed E-state index contributed by atoms with van der Waals surface area (Å²) in [5, 5.41) is 5.77. The van der Waals surface area contributed by atoms with Crippen molar-refractivity contribution in [2.24, 2.45) is 0 Å². The van der Waals surface area contributed by atoms with Crippen LogP contribution in [0, 0.1) is 6.92 Å². The van der Waals surface area contributed by atoms with Gasteiger partial charge in [0, 0.05) is 37.4 Å². The summed E-state index contributed by atoms with van der Waals surface area (Å²) in [6.07, 6.45) is 2.47. The number of carbonyl (C=O) groups is 3. The predicted molar refractivity (Wildman–Crippen MR) is 123 cm³/mol. The maximum atomic E-state index is 13.2. The molecule has 0 saturated carbocycles. The molecule has 0 aliphatic carbocycles. The number of nitrogens with zero attached hydrogens (tertiary/aromatic N) is 1. The van der Waals surface area contributed by atoms with Gasteiger partial charge in [0.2, 0.25) is 0 Å². The number of hydrogen-bond acceptors (Lipinski definition) is 5. The predicted octanol–water partition coefficient (Wildman–Crippen LogP) is 3.58. The maximum absolute atomic E-state index is 13.2. The number of likely N-dealkylation sites (tertiary alicyclic amines) is 1. The largest absolute Gasteiger partial charge is 0.378 e. The van der Waals surface area contributed by atoms with Crippen LogP contribution in [0.5, 0.6) is 0 Å². The fourth-order valence-corrected chi connectivity index (χ4v) is 5.22. The van der Waals surface area contributed by atoms with Crippen molar-refractivity contribution in [1.82, 2.24) is 10.2 Å². The molecular formula is C22H24BrN3O4S. The molecule has 164 valence electrons. The van der Waals surface area contributed by atoms with Crippen molar-refractivity contribution in [2.45, 2.75) is 31.7 Å². The average molecular weight is 506 g/mol. The summed E-state index contributed by atoms with van der Waals surface area (Å²) < 4.78 is 6.31. The standard InChI is InChI=1S/C22H24BrN3O4S/c1-14-12-15(4-5-16(14)20(28)26-9-2-3-10-26)24-21(29)22(8-11-30-13-22)25-19(27)17-6-7-18(23)31-17/h4-7,12H,2-3,8-11,13H2,1H3,(H,24,29)(H,25,27)/t22-/m0/s1. The molecule has 1 aromatic heterocycles. The number of hydrogen-bond donors (Lipinski definition) is 2. The van der Waals surface area contributed by atoms with E-state index in [1.165, 1.54) is 11.3 Å². The zero-order chi connectivity index (χ0) is 22.0. The van der Waals surface area contributed by atoms with Gasteiger partial charge in [0.25, 0.3) is 17.7 Å². The van der Waals surface area contributed by atoms with Crippen LogP contribution in [0.25, 0.3) is 0 Å². The average Bonchev–Trinajstić information content (AvgIpc) is 3.50. The molecule has 3 heterocycles. The molecule has 2 N–H and O–H groups in total. The number of carbonyl (C=O) groups excluding carboxylic acids is 3. The summed E-state index contributed by atoms with van der Waals surface area (Å²) in [7, 11) is 0. The Kier molecular flexibility index (Phi) is 6.45. The fourth-order valence-electron chi connectivity index (χ4n) is 3.94. The number of nitrogens with one attached hydrogen (secondary N) is 2. The van der Waals surface area contributed by atoms with Gasteiger partial charge in [-0.05, 0) is 71.6 Å². The van der Waals surface area contributed by atoms with Crippen molar-refractivity contribution in [1.29, 1.82) is 0 Å². The molecule has 2 saturated heterocycles. The van der Waals surface area contributed by atoms with E-state index >= 15 is 0 Å². The van der Waals surface area contributed by atoms with Gasteiger partial charge in [-0.15, -0.1) is 11.3 Å². The van der Waals surface area contributed by atoms with Crippen LogP contribution in [0.3, 0.4) is 0 Å². The molecule has 2 aliphatic heterocycles. The fraction of sp³-hybridized carbons (Fsp3) is 0.409. The highest BCUT2D eigenvalue weighted by Crippen LogP contribution is 2.26. The molecule has 2 fully saturated rings. The van der Waals surface area contributed by atoms with Crippen LogP contribution in [0.4, 0.5) is 5.69 Å². The number of halogens is 1. The van der Waals surface area contributed by atoms with E-state index in [2.05, 4.69) is 26.6 Å². The van der Waals surface area contributed by atoms with E-state index in [1.54, 1.807) is 30.3 Å². The molecule has 0 unspecified atom stereocenters. The molecule has 0 spiro atoms. The lowest BCUT2D eigenvalue weighted by Crippen LogP contribution is -2.57. The van der Waals surface area contributed by atoms with Crippen LogP contribution in [-0.4, -0.2) is 54.5 Å². The Morgan fingerprint density at radius 1 is 1.16 bits per heavy atom. The van der Waals surface area contributed by atoms with Crippen LogP contribution in [0.2, 0.25) is 0 Å². The number of aryl methyl sites for hydroxylation is 1. The smallest absolute Gasteiger partial charge is 0.262 e. The number of benzene rings is 1. The third kappa shape index (κ3) is 4.68. The van der Waals surface area contributed by atoms with Crippen molar-refractivity contribution in [2.75, 3.05) is 31.6 Å². The van der Waals surface area contributed by atoms with E-state index in [0.717, 1.165) is 35.3 Å². The second-order valence-corrected chi connectivity index (χ2v) is 10.4. The number of amides is 3. The minimum absolute atomic E-state index is 0.0305. The summed E-state index contributed by atoms with van der Waals surface area (Å²) in [6, 6.07) is 8.79. The zero-order valence-corrected chi connectivity index (χ0v) is 19.6. The van der Waals surface area contributed by atoms with E-state index in [4.69, 9.17) is 4.74 Å². The van der Waals surface area contributed by atoms with Crippen molar-refractivity contribution in [3.05, 3.63) is 50.1 Å². The van der Waals surface area contributed by atoms with Gasteiger partial charge in [0.1, 0.15) is 5.54 Å². The lowest BCUT2D eigenvalue weighted by molar-refractivity contribution is -0.122. The Morgan fingerprint density at radius 3 is 2.55 bits per heavy atom. The second-order valence-electron chi connectivity index (χ2n) is 7.93. The summed E-state index contributed by atoms with van der Waals surface area (Å²) in [6.45, 7) is 3.95. The molecule has 3 amide bonds. The van der Waals surface area contributed by atoms with Gasteiger partial charge in [0.15, 0.2) is 0 Å². The Morgan fingerprint density at radius 2 is 1.94 bits per heavy atom. The first-order valence-electron chi connectivity index (χ1n) is 10.2. The number of rotatable bonds is 5. The molecular weight excluding hydrogens is 482 g/mol. The van der Waals surface area contributed by atoms with E-state index in [1.807, 2.05) is 11.8 Å². The van der Waals surface area contributed by atoms with E-state index in [0.29, 0.717) is 29.2 Å². The number of thiophene rings is 1. The Balaban J connectivity index is 1.48. The lowest BCUT2D eigenvalue weighted by atomic mass is 9.96. The van der Waals surface area contributed by atoms with Gasteiger partial charge in [0.05, 0.1) is 15.3 Å². The third-order valence-electron chi connectivity index (χ3n) is 5.71. The molecule has 9 heteroatoms. The number of anilines is 1. The van der Waals surface area contributed by atoms with E-state index in [-0.39, 0.29) is 24.3 Å². The van der Waals surface area contributed by atoms with Gasteiger partial charge >= 0.3 is 0 Å². The summed E-state index contributed by atoms with van der Waals surface area (Å²) in [5.41, 5.74) is 0.903. The van der Waals surface area contributed by atoms with Gasteiger partial charge in [-0.25, -0.2) is 0 Å². The van der Waals surface area contributed by atoms with E-state index in [9.17, 15) is 14.4 Å². The molecule has 2 aliphatic rings. The molecule has 2 aromatic rings. The van der Waals surface area contributed by atoms with Gasteiger partial charge in [-0.1, -0.05) is 0 Å². The first kappa shape index (κ1) is 22.0. The van der Waals surface area contributed by atoms with Gasteiger partial charge < -0.3 is 20.3 Å². The molecule has 1 aromatic carbocycles. The topological polar surface area (TPSA) is 87.7 Å². The quantitative estimate of drug-likeness (QED) is 0.649. The van der Waals surface area contributed by atoms with Crippen LogP contribution in [-0.2, 0) is 9.53 Å². The van der Waals surface area contributed by atoms with Crippen molar-refractivity contribution in [3.63, 3.8) is 0 Å². The van der Waals surface area contributed by atoms with Crippen LogP contribution >= 0.6 is 27.3 Å². The molecule has 31 heavy (non-hydrogen) atoms. The van der Waals surface area contributed by atoms with Crippen molar-refractivity contribution < 1.29 is 19.1 Å². The highest BCUT2D eigenvalue weighted by atomic mass is 79.9. The first-order chi connectivity index (χ1) is 14.9. The van der Waals surface area contributed by atoms with Gasteiger partial charge in [-0.2, -0.15) is 0 Å². The third-order valence-corrected chi connectivity index (χ3v) is 7.34. The van der Waals surface area contributed by atoms with E-state index < -0.39 is 5.54 Å². The Hall–Kier alpha value is -2.23. The van der Waals surface area contributed by atoms with Gasteiger partial charge in [-0.3, -0.25) is 14.4 Å². The lowest BCUT2D eigenvalue weighted by Gasteiger charge is -2.27. The molecule has 7 nitrogen and oxygen atoms in total. The monoisotopic (exact) mass is 505 g/mol. The maximum Gasteiger partial charge on any atom is 0.262 e. The normalized spacial score (nSPS) is 20.6. The zero-order valence-electron chi connectivity index (χ0n) is 17.2. The Labute approximate surface area is 193 Å². The summed E-state index contributed by atoms with van der Waals surface area (Å²) >= 11 is 4.66. The molecule has 0 radical (unpaired) electrons. The van der Waals surface area contributed by atoms with Crippen molar-refractivity contribution in [3.8, 4) is 0 Å². The number of ether oxygens (including phenoxy) is 1. The summed E-state index contributed by atoms with van der Waals surface area (Å²) in [4.78, 5) is 40.9. The minimum atomic E-state index is -1.13. The van der Waals surface area contributed by atoms with Crippen LogP contribution in [0.15, 0.2) is 34.1 Å². The summed E-state index contributed by atoms with van der Waals surface area (Å²) in [5.74, 6) is -0.603. The molecule has 0 bridgehead atoms. The minimum Gasteiger partial charge on any atom is -0.378 e. The first-order valence-corrected chi connectivity index (χ1v) is 11.9. The highest BCUT2D eigenvalue weighted by molar-refractivity contribution is 9.11. The molecule has 4 rings (SSSR count). The van der Waals surface area contributed by atoms with Crippen molar-refractivity contribution >= 4 is 50.7 Å². The molecule has 1 atom stereocenters.